The van der Waals surface area contributed by atoms with Gasteiger partial charge in [-0.1, -0.05) is 29.8 Å². The van der Waals surface area contributed by atoms with E-state index in [1.807, 2.05) is 37.3 Å². The van der Waals surface area contributed by atoms with Crippen LogP contribution in [0.15, 0.2) is 60.8 Å². The van der Waals surface area contributed by atoms with Gasteiger partial charge >= 0.3 is 0 Å². The summed E-state index contributed by atoms with van der Waals surface area (Å²) in [4.78, 5) is 17.0. The van der Waals surface area contributed by atoms with E-state index >= 15 is 0 Å². The first-order valence-corrected chi connectivity index (χ1v) is 9.45. The van der Waals surface area contributed by atoms with Crippen molar-refractivity contribution in [2.75, 3.05) is 12.4 Å². The van der Waals surface area contributed by atoms with E-state index < -0.39 is 0 Å². The second kappa shape index (κ2) is 7.93. The number of ether oxygens (including phenoxy) is 1. The van der Waals surface area contributed by atoms with Crippen LogP contribution in [0.25, 0.3) is 22.2 Å². The predicted octanol–water partition coefficient (Wildman–Crippen LogP) is 4.71. The molecule has 4 aromatic rings. The fourth-order valence-electron chi connectivity index (χ4n) is 3.31. The van der Waals surface area contributed by atoms with Gasteiger partial charge in [-0.3, -0.25) is 4.79 Å². The highest BCUT2D eigenvalue weighted by atomic mass is 35.5. The van der Waals surface area contributed by atoms with Crippen LogP contribution in [0.4, 0.5) is 5.69 Å². The van der Waals surface area contributed by atoms with Crippen molar-refractivity contribution in [1.29, 1.82) is 0 Å². The molecule has 1 N–H and O–H groups in total. The number of nitrogens with one attached hydrogen (secondary N) is 1. The first-order valence-electron chi connectivity index (χ1n) is 9.07. The van der Waals surface area contributed by atoms with Crippen molar-refractivity contribution < 1.29 is 9.53 Å². The molecule has 0 aliphatic heterocycles. The zero-order chi connectivity index (χ0) is 20.4. The maximum Gasteiger partial charge on any atom is 0.246 e. The minimum atomic E-state index is -0.201. The summed E-state index contributed by atoms with van der Waals surface area (Å²) in [5, 5.41) is 8.88. The number of anilines is 1. The van der Waals surface area contributed by atoms with E-state index in [4.69, 9.17) is 16.3 Å². The Kier molecular flexibility index (Phi) is 5.18. The molecule has 0 saturated heterocycles. The second-order valence-corrected chi connectivity index (χ2v) is 7.02. The molecule has 0 unspecified atom stereocenters. The van der Waals surface area contributed by atoms with E-state index in [2.05, 4.69) is 15.4 Å². The van der Waals surface area contributed by atoms with Crippen LogP contribution in [0.1, 0.15) is 5.69 Å². The maximum atomic E-state index is 12.5. The number of carbonyl (C=O) groups excluding carboxylic acids is 1. The van der Waals surface area contributed by atoms with Crippen molar-refractivity contribution in [2.24, 2.45) is 0 Å². The molecule has 0 atom stereocenters. The minimum absolute atomic E-state index is 0.0515. The van der Waals surface area contributed by atoms with Gasteiger partial charge in [0.05, 0.1) is 12.8 Å². The van der Waals surface area contributed by atoms with Gasteiger partial charge in [0, 0.05) is 22.3 Å². The zero-order valence-electron chi connectivity index (χ0n) is 16.0. The molecule has 7 heteroatoms. The Bertz CT molecular complexity index is 1190. The number of amides is 1. The highest BCUT2D eigenvalue weighted by molar-refractivity contribution is 6.30. The molecule has 146 valence electrons. The number of rotatable bonds is 5. The van der Waals surface area contributed by atoms with Gasteiger partial charge in [-0.15, -0.1) is 0 Å². The van der Waals surface area contributed by atoms with Gasteiger partial charge in [-0.2, -0.15) is 5.10 Å². The summed E-state index contributed by atoms with van der Waals surface area (Å²) in [5.74, 6) is 0.595. The molecule has 0 aliphatic carbocycles. The van der Waals surface area contributed by atoms with Crippen LogP contribution in [-0.2, 0) is 11.3 Å². The topological polar surface area (TPSA) is 69.0 Å². The third-order valence-corrected chi connectivity index (χ3v) is 4.85. The number of methoxy groups -OCH3 is 1. The van der Waals surface area contributed by atoms with Crippen molar-refractivity contribution in [3.05, 3.63) is 71.5 Å². The summed E-state index contributed by atoms with van der Waals surface area (Å²) in [6.45, 7) is 1.97. The first-order chi connectivity index (χ1) is 14.0. The fourth-order valence-corrected chi connectivity index (χ4v) is 3.50. The van der Waals surface area contributed by atoms with Crippen LogP contribution in [0.3, 0.4) is 0 Å². The molecule has 0 bridgehead atoms. The van der Waals surface area contributed by atoms with Gasteiger partial charge in [0.15, 0.2) is 5.65 Å². The SMILES string of the molecule is COc1ccc(-c2ccnc3c2c(C)nn3CC(=O)Nc2cccc(Cl)c2)cc1. The number of halogens is 1. The Morgan fingerprint density at radius 2 is 1.97 bits per heavy atom. The Labute approximate surface area is 173 Å². The summed E-state index contributed by atoms with van der Waals surface area (Å²) in [7, 11) is 1.64. The summed E-state index contributed by atoms with van der Waals surface area (Å²) >= 11 is 5.98. The molecule has 0 aliphatic rings. The Morgan fingerprint density at radius 3 is 2.69 bits per heavy atom. The van der Waals surface area contributed by atoms with E-state index in [-0.39, 0.29) is 12.5 Å². The monoisotopic (exact) mass is 406 g/mol. The smallest absolute Gasteiger partial charge is 0.246 e. The predicted molar refractivity (Wildman–Crippen MR) is 114 cm³/mol. The lowest BCUT2D eigenvalue weighted by Crippen LogP contribution is -2.19. The van der Waals surface area contributed by atoms with Crippen LogP contribution in [-0.4, -0.2) is 27.8 Å². The fraction of sp³-hybridized carbons (Fsp3) is 0.136. The van der Waals surface area contributed by atoms with Gasteiger partial charge in [0.1, 0.15) is 12.3 Å². The molecule has 0 fully saturated rings. The molecule has 29 heavy (non-hydrogen) atoms. The van der Waals surface area contributed by atoms with Crippen LogP contribution >= 0.6 is 11.6 Å². The van der Waals surface area contributed by atoms with Gasteiger partial charge in [-0.05, 0) is 54.4 Å². The lowest BCUT2D eigenvalue weighted by molar-refractivity contribution is -0.116. The molecular formula is C22H19ClN4O2. The molecule has 0 radical (unpaired) electrons. The van der Waals surface area contributed by atoms with Crippen molar-refractivity contribution in [2.45, 2.75) is 13.5 Å². The molecule has 1 amide bonds. The third-order valence-electron chi connectivity index (χ3n) is 4.61. The van der Waals surface area contributed by atoms with Gasteiger partial charge in [-0.25, -0.2) is 9.67 Å². The van der Waals surface area contributed by atoms with Crippen LogP contribution in [0, 0.1) is 6.92 Å². The first kappa shape index (κ1) is 19.0. The van der Waals surface area contributed by atoms with Gasteiger partial charge in [0.25, 0.3) is 0 Å². The number of aromatic nitrogens is 3. The molecule has 2 aromatic carbocycles. The second-order valence-electron chi connectivity index (χ2n) is 6.59. The average molecular weight is 407 g/mol. The number of carbonyl (C=O) groups is 1. The quantitative estimate of drug-likeness (QED) is 0.521. The number of aryl methyl sites for hydroxylation is 1. The van der Waals surface area contributed by atoms with Crippen LogP contribution in [0.5, 0.6) is 5.75 Å². The highest BCUT2D eigenvalue weighted by Gasteiger charge is 2.16. The van der Waals surface area contributed by atoms with E-state index in [9.17, 15) is 4.79 Å². The van der Waals surface area contributed by atoms with E-state index in [0.717, 1.165) is 28.0 Å². The van der Waals surface area contributed by atoms with Crippen molar-refractivity contribution >= 4 is 34.2 Å². The van der Waals surface area contributed by atoms with E-state index in [1.165, 1.54) is 0 Å². The number of pyridine rings is 1. The van der Waals surface area contributed by atoms with Crippen LogP contribution < -0.4 is 10.1 Å². The van der Waals surface area contributed by atoms with E-state index in [1.54, 1.807) is 42.3 Å². The number of nitrogens with zero attached hydrogens (tertiary/aromatic N) is 3. The largest absolute Gasteiger partial charge is 0.497 e. The van der Waals surface area contributed by atoms with Crippen molar-refractivity contribution in [3.63, 3.8) is 0 Å². The Balaban J connectivity index is 1.65. The number of fused-ring (bicyclic) bond motifs is 1. The number of hydrogen-bond donors (Lipinski definition) is 1. The van der Waals surface area contributed by atoms with E-state index in [0.29, 0.717) is 16.4 Å². The molecule has 6 nitrogen and oxygen atoms in total. The standard InChI is InChI=1S/C22H19ClN4O2/c1-14-21-19(15-6-8-18(29-2)9-7-15)10-11-24-22(21)27(26-14)13-20(28)25-17-5-3-4-16(23)12-17/h3-12H,13H2,1-2H3,(H,25,28). The molecule has 0 spiro atoms. The van der Waals surface area contributed by atoms with Gasteiger partial charge < -0.3 is 10.1 Å². The minimum Gasteiger partial charge on any atom is -0.497 e. The van der Waals surface area contributed by atoms with Crippen molar-refractivity contribution in [3.8, 4) is 16.9 Å². The number of hydrogen-bond acceptors (Lipinski definition) is 4. The Hall–Kier alpha value is -3.38. The summed E-state index contributed by atoms with van der Waals surface area (Å²) in [6.07, 6.45) is 1.73. The normalized spacial score (nSPS) is 10.9. The summed E-state index contributed by atoms with van der Waals surface area (Å²) < 4.78 is 6.86. The molecule has 2 aromatic heterocycles. The molecule has 0 saturated carbocycles. The average Bonchev–Trinajstić information content (AvgIpc) is 3.03. The Morgan fingerprint density at radius 1 is 1.17 bits per heavy atom. The summed E-state index contributed by atoms with van der Waals surface area (Å²) in [6, 6.07) is 16.8. The number of benzene rings is 2. The molecular weight excluding hydrogens is 388 g/mol. The van der Waals surface area contributed by atoms with Crippen LogP contribution in [0.2, 0.25) is 5.02 Å². The summed E-state index contributed by atoms with van der Waals surface area (Å²) in [5.41, 5.74) is 4.16. The van der Waals surface area contributed by atoms with Crippen molar-refractivity contribution in [1.82, 2.24) is 14.8 Å². The molecule has 2 heterocycles. The lowest BCUT2D eigenvalue weighted by atomic mass is 10.0. The van der Waals surface area contributed by atoms with Gasteiger partial charge in [0.2, 0.25) is 5.91 Å². The third kappa shape index (κ3) is 3.93. The highest BCUT2D eigenvalue weighted by Crippen LogP contribution is 2.30. The zero-order valence-corrected chi connectivity index (χ0v) is 16.8. The maximum absolute atomic E-state index is 12.5. The lowest BCUT2D eigenvalue weighted by Gasteiger charge is -2.07. The molecule has 4 rings (SSSR count).